The van der Waals surface area contributed by atoms with E-state index in [0.717, 1.165) is 25.0 Å². The monoisotopic (exact) mass is 422 g/mol. The molecule has 0 radical (unpaired) electrons. The molecular weight excluding hydrogens is 396 g/mol. The molecular formula is C28H26N2O2. The summed E-state index contributed by atoms with van der Waals surface area (Å²) in [5.41, 5.74) is 8.49. The predicted octanol–water partition coefficient (Wildman–Crippen LogP) is 5.96. The van der Waals surface area contributed by atoms with Gasteiger partial charge in [-0.2, -0.15) is 0 Å². The largest absolute Gasteiger partial charge is 0.448 e. The van der Waals surface area contributed by atoms with Gasteiger partial charge in [0.05, 0.1) is 11.7 Å². The highest BCUT2D eigenvalue weighted by atomic mass is 16.6. The zero-order valence-corrected chi connectivity index (χ0v) is 18.2. The quantitative estimate of drug-likeness (QED) is 0.523. The van der Waals surface area contributed by atoms with E-state index in [2.05, 4.69) is 72.6 Å². The maximum atomic E-state index is 13.2. The van der Waals surface area contributed by atoms with E-state index in [9.17, 15) is 4.79 Å². The number of rotatable bonds is 3. The van der Waals surface area contributed by atoms with E-state index >= 15 is 0 Å². The molecule has 2 bridgehead atoms. The van der Waals surface area contributed by atoms with E-state index in [1.165, 1.54) is 33.4 Å². The number of aryl methyl sites for hydroxylation is 1. The molecule has 4 nitrogen and oxygen atoms in total. The zero-order chi connectivity index (χ0) is 21.7. The summed E-state index contributed by atoms with van der Waals surface area (Å²) < 4.78 is 5.96. The number of pyridine rings is 1. The number of aromatic nitrogens is 1. The number of ether oxygens (including phenoxy) is 1. The van der Waals surface area contributed by atoms with Crippen molar-refractivity contribution in [2.75, 3.05) is 6.61 Å². The minimum atomic E-state index is -0.188. The smallest absolute Gasteiger partial charge is 0.410 e. The van der Waals surface area contributed by atoms with Crippen LogP contribution in [0.4, 0.5) is 4.79 Å². The lowest BCUT2D eigenvalue weighted by atomic mass is 9.97. The average molecular weight is 423 g/mol. The molecule has 2 aromatic carbocycles. The van der Waals surface area contributed by atoms with Crippen LogP contribution in [0.25, 0.3) is 16.7 Å². The maximum absolute atomic E-state index is 13.2. The van der Waals surface area contributed by atoms with Crippen LogP contribution in [0.2, 0.25) is 0 Å². The summed E-state index contributed by atoms with van der Waals surface area (Å²) in [6.45, 7) is 2.46. The molecule has 3 aliphatic rings. The Morgan fingerprint density at radius 1 is 1.03 bits per heavy atom. The van der Waals surface area contributed by atoms with Gasteiger partial charge in [0.25, 0.3) is 0 Å². The third-order valence-electron chi connectivity index (χ3n) is 7.19. The highest BCUT2D eigenvalue weighted by Gasteiger charge is 2.41. The van der Waals surface area contributed by atoms with Gasteiger partial charge in [-0.3, -0.25) is 9.88 Å². The van der Waals surface area contributed by atoms with Crippen molar-refractivity contribution in [2.24, 2.45) is 0 Å². The highest BCUT2D eigenvalue weighted by Crippen LogP contribution is 2.45. The van der Waals surface area contributed by atoms with Crippen LogP contribution in [0.1, 0.15) is 47.6 Å². The van der Waals surface area contributed by atoms with Crippen LogP contribution in [0, 0.1) is 6.92 Å². The number of hydrogen-bond donors (Lipinski definition) is 0. The lowest BCUT2D eigenvalue weighted by Crippen LogP contribution is -2.43. The third-order valence-corrected chi connectivity index (χ3v) is 7.19. The Labute approximate surface area is 188 Å². The fourth-order valence-corrected chi connectivity index (χ4v) is 5.69. The van der Waals surface area contributed by atoms with Gasteiger partial charge in [0.1, 0.15) is 6.61 Å². The second-order valence-corrected chi connectivity index (χ2v) is 9.12. The van der Waals surface area contributed by atoms with Gasteiger partial charge in [-0.15, -0.1) is 0 Å². The normalized spacial score (nSPS) is 21.2. The third kappa shape index (κ3) is 3.13. The zero-order valence-electron chi connectivity index (χ0n) is 18.2. The van der Waals surface area contributed by atoms with Gasteiger partial charge < -0.3 is 4.74 Å². The summed E-state index contributed by atoms with van der Waals surface area (Å²) in [5.74, 6) is 0.0939. The lowest BCUT2D eigenvalue weighted by Gasteiger charge is -2.33. The molecule has 0 N–H and O–H groups in total. The first-order valence-corrected chi connectivity index (χ1v) is 11.5. The number of carbonyl (C=O) groups is 1. The highest BCUT2D eigenvalue weighted by molar-refractivity contribution is 5.79. The Morgan fingerprint density at radius 2 is 1.75 bits per heavy atom. The van der Waals surface area contributed by atoms with Crippen molar-refractivity contribution in [1.29, 1.82) is 0 Å². The molecule has 6 rings (SSSR count). The van der Waals surface area contributed by atoms with Crippen molar-refractivity contribution in [2.45, 2.75) is 44.2 Å². The van der Waals surface area contributed by atoms with E-state index in [0.29, 0.717) is 6.61 Å². The number of hydrogen-bond acceptors (Lipinski definition) is 3. The minimum Gasteiger partial charge on any atom is -0.448 e. The van der Waals surface area contributed by atoms with Crippen LogP contribution in [-0.2, 0) is 4.74 Å². The molecule has 2 unspecified atom stereocenters. The van der Waals surface area contributed by atoms with Gasteiger partial charge >= 0.3 is 6.09 Å². The molecule has 1 aromatic heterocycles. The molecule has 1 amide bonds. The summed E-state index contributed by atoms with van der Waals surface area (Å²) in [6, 6.07) is 21.3. The van der Waals surface area contributed by atoms with Crippen LogP contribution in [0.5, 0.6) is 0 Å². The molecule has 1 fully saturated rings. The summed E-state index contributed by atoms with van der Waals surface area (Å²) in [4.78, 5) is 19.7. The molecule has 3 aromatic rings. The fourth-order valence-electron chi connectivity index (χ4n) is 5.69. The molecule has 1 aliphatic carbocycles. The lowest BCUT2D eigenvalue weighted by molar-refractivity contribution is 0.0866. The Kier molecular flexibility index (Phi) is 4.60. The van der Waals surface area contributed by atoms with Crippen molar-refractivity contribution >= 4 is 11.7 Å². The number of benzene rings is 2. The van der Waals surface area contributed by atoms with Crippen LogP contribution in [-0.4, -0.2) is 34.7 Å². The minimum absolute atomic E-state index is 0.0939. The van der Waals surface area contributed by atoms with E-state index in [-0.39, 0.29) is 24.1 Å². The summed E-state index contributed by atoms with van der Waals surface area (Å²) in [6.07, 6.45) is 6.76. The SMILES string of the molecule is Cc1ccnc(C2=CC3CCC(C2)N3C(=O)OCC2c3ccccc3-c3ccccc32)c1. The van der Waals surface area contributed by atoms with Crippen LogP contribution >= 0.6 is 0 Å². The predicted molar refractivity (Wildman–Crippen MR) is 125 cm³/mol. The standard InChI is InChI=1S/C28H26N2O2/c1-18-12-13-29-27(14-18)19-15-20-10-11-21(16-19)30(20)28(31)32-17-26-24-8-4-2-6-22(24)23-7-3-5-9-25(23)26/h2-9,12-15,20-21,26H,10-11,16-17H2,1H3. The van der Waals surface area contributed by atoms with E-state index in [1.54, 1.807) is 0 Å². The molecule has 160 valence electrons. The van der Waals surface area contributed by atoms with Crippen molar-refractivity contribution in [3.05, 3.63) is 95.3 Å². The molecule has 1 saturated heterocycles. The molecule has 2 atom stereocenters. The topological polar surface area (TPSA) is 42.4 Å². The number of nitrogens with zero attached hydrogens (tertiary/aromatic N) is 2. The van der Waals surface area contributed by atoms with Crippen molar-refractivity contribution in [1.82, 2.24) is 9.88 Å². The van der Waals surface area contributed by atoms with Crippen LogP contribution in [0.15, 0.2) is 72.9 Å². The molecule has 3 heterocycles. The van der Waals surface area contributed by atoms with Gasteiger partial charge in [-0.05, 0) is 71.7 Å². The Balaban J connectivity index is 1.20. The second kappa shape index (κ2) is 7.63. The average Bonchev–Trinajstić information content (AvgIpc) is 3.28. The van der Waals surface area contributed by atoms with Gasteiger partial charge in [-0.1, -0.05) is 54.6 Å². The number of fused-ring (bicyclic) bond motifs is 5. The Bertz CT molecular complexity index is 1190. The van der Waals surface area contributed by atoms with Crippen molar-refractivity contribution < 1.29 is 9.53 Å². The first-order chi connectivity index (χ1) is 15.7. The van der Waals surface area contributed by atoms with E-state index < -0.39 is 0 Å². The molecule has 0 spiro atoms. The van der Waals surface area contributed by atoms with Crippen LogP contribution < -0.4 is 0 Å². The van der Waals surface area contributed by atoms with Gasteiger partial charge in [0, 0.05) is 18.2 Å². The second-order valence-electron chi connectivity index (χ2n) is 9.12. The maximum Gasteiger partial charge on any atom is 0.410 e. The molecule has 32 heavy (non-hydrogen) atoms. The van der Waals surface area contributed by atoms with E-state index in [4.69, 9.17) is 4.74 Å². The molecule has 2 aliphatic heterocycles. The molecule has 0 saturated carbocycles. The van der Waals surface area contributed by atoms with Crippen LogP contribution in [0.3, 0.4) is 0 Å². The Morgan fingerprint density at radius 3 is 2.44 bits per heavy atom. The van der Waals surface area contributed by atoms with Gasteiger partial charge in [0.2, 0.25) is 0 Å². The van der Waals surface area contributed by atoms with E-state index in [1.807, 2.05) is 17.2 Å². The molecule has 4 heteroatoms. The summed E-state index contributed by atoms with van der Waals surface area (Å²) in [7, 11) is 0. The summed E-state index contributed by atoms with van der Waals surface area (Å²) in [5, 5.41) is 0. The van der Waals surface area contributed by atoms with Crippen molar-refractivity contribution in [3.8, 4) is 11.1 Å². The van der Waals surface area contributed by atoms with Gasteiger partial charge in [-0.25, -0.2) is 4.79 Å². The summed E-state index contributed by atoms with van der Waals surface area (Å²) >= 11 is 0. The van der Waals surface area contributed by atoms with Crippen molar-refractivity contribution in [3.63, 3.8) is 0 Å². The van der Waals surface area contributed by atoms with Gasteiger partial charge in [0.15, 0.2) is 0 Å². The number of carbonyl (C=O) groups excluding carboxylic acids is 1. The first-order valence-electron chi connectivity index (χ1n) is 11.5. The number of amides is 1. The Hall–Kier alpha value is -3.40. The first kappa shape index (κ1) is 19.3. The fraction of sp³-hybridized carbons (Fsp3) is 0.286.